The van der Waals surface area contributed by atoms with Crippen LogP contribution in [-0.4, -0.2) is 36.2 Å². The van der Waals surface area contributed by atoms with E-state index < -0.39 is 5.60 Å². The first kappa shape index (κ1) is 14.8. The summed E-state index contributed by atoms with van der Waals surface area (Å²) in [7, 11) is 0. The van der Waals surface area contributed by atoms with Gasteiger partial charge >= 0.3 is 6.09 Å². The first-order valence-electron chi connectivity index (χ1n) is 6.82. The second-order valence-electron chi connectivity index (χ2n) is 5.99. The fourth-order valence-corrected chi connectivity index (χ4v) is 2.19. The Balaban J connectivity index is 2.03. The van der Waals surface area contributed by atoms with Crippen molar-refractivity contribution in [3.8, 4) is 0 Å². The molecule has 5 heteroatoms. The molecule has 1 fully saturated rings. The standard InChI is InChI=1S/C15H21FN2O2/c1-15(2,3)20-14(19)18-8-7-17-13(10-18)11-5-4-6-12(16)9-11/h4-6,9,13,17H,7-8,10H2,1-3H3. The van der Waals surface area contributed by atoms with Crippen LogP contribution in [0.4, 0.5) is 9.18 Å². The van der Waals surface area contributed by atoms with Crippen molar-refractivity contribution in [1.29, 1.82) is 0 Å². The second kappa shape index (κ2) is 5.79. The van der Waals surface area contributed by atoms with Crippen molar-refractivity contribution >= 4 is 6.09 Å². The van der Waals surface area contributed by atoms with E-state index in [1.54, 1.807) is 11.0 Å². The summed E-state index contributed by atoms with van der Waals surface area (Å²) in [5.74, 6) is -0.265. The van der Waals surface area contributed by atoms with Gasteiger partial charge < -0.3 is 15.0 Å². The fraction of sp³-hybridized carbons (Fsp3) is 0.533. The number of hydrogen-bond acceptors (Lipinski definition) is 3. The molecule has 0 saturated carbocycles. The molecule has 1 amide bonds. The molecule has 4 nitrogen and oxygen atoms in total. The van der Waals surface area contributed by atoms with E-state index in [4.69, 9.17) is 4.74 Å². The van der Waals surface area contributed by atoms with Crippen LogP contribution in [0.3, 0.4) is 0 Å². The van der Waals surface area contributed by atoms with Gasteiger partial charge in [0, 0.05) is 19.6 Å². The molecule has 1 N–H and O–H groups in total. The van der Waals surface area contributed by atoms with Crippen LogP contribution in [-0.2, 0) is 4.74 Å². The molecular formula is C15H21FN2O2. The summed E-state index contributed by atoms with van der Waals surface area (Å²) in [6.07, 6.45) is -0.319. The van der Waals surface area contributed by atoms with E-state index in [2.05, 4.69) is 5.32 Å². The van der Waals surface area contributed by atoms with Crippen LogP contribution >= 0.6 is 0 Å². The van der Waals surface area contributed by atoms with Crippen LogP contribution in [0.25, 0.3) is 0 Å². The van der Waals surface area contributed by atoms with Crippen molar-refractivity contribution in [1.82, 2.24) is 10.2 Å². The van der Waals surface area contributed by atoms with E-state index >= 15 is 0 Å². The van der Waals surface area contributed by atoms with Gasteiger partial charge in [0.2, 0.25) is 0 Å². The number of rotatable bonds is 1. The van der Waals surface area contributed by atoms with E-state index in [0.717, 1.165) is 5.56 Å². The van der Waals surface area contributed by atoms with Crippen LogP contribution in [0, 0.1) is 5.82 Å². The van der Waals surface area contributed by atoms with Gasteiger partial charge in [0.15, 0.2) is 0 Å². The van der Waals surface area contributed by atoms with Crippen molar-refractivity contribution < 1.29 is 13.9 Å². The van der Waals surface area contributed by atoms with E-state index in [-0.39, 0.29) is 18.0 Å². The zero-order valence-corrected chi connectivity index (χ0v) is 12.1. The van der Waals surface area contributed by atoms with E-state index in [1.807, 2.05) is 26.8 Å². The molecule has 1 saturated heterocycles. The van der Waals surface area contributed by atoms with Gasteiger partial charge in [-0.05, 0) is 38.5 Å². The fourth-order valence-electron chi connectivity index (χ4n) is 2.19. The van der Waals surface area contributed by atoms with E-state index in [1.165, 1.54) is 12.1 Å². The van der Waals surface area contributed by atoms with Gasteiger partial charge in [0.25, 0.3) is 0 Å². The Bertz CT molecular complexity index is 485. The maximum atomic E-state index is 13.3. The molecule has 20 heavy (non-hydrogen) atoms. The molecule has 0 aromatic heterocycles. The molecule has 1 heterocycles. The summed E-state index contributed by atoms with van der Waals surface area (Å²) in [5, 5.41) is 3.29. The van der Waals surface area contributed by atoms with E-state index in [0.29, 0.717) is 19.6 Å². The quantitative estimate of drug-likeness (QED) is 0.860. The molecule has 0 bridgehead atoms. The predicted octanol–water partition coefficient (Wildman–Crippen LogP) is 2.71. The van der Waals surface area contributed by atoms with Crippen LogP contribution in [0.1, 0.15) is 32.4 Å². The summed E-state index contributed by atoms with van der Waals surface area (Å²) in [4.78, 5) is 13.7. The Hall–Kier alpha value is -1.62. The maximum absolute atomic E-state index is 13.3. The maximum Gasteiger partial charge on any atom is 0.410 e. The van der Waals surface area contributed by atoms with Gasteiger partial charge in [-0.15, -0.1) is 0 Å². The number of nitrogens with one attached hydrogen (secondary N) is 1. The highest BCUT2D eigenvalue weighted by Gasteiger charge is 2.28. The lowest BCUT2D eigenvalue weighted by molar-refractivity contribution is 0.0195. The smallest absolute Gasteiger partial charge is 0.410 e. The van der Waals surface area contributed by atoms with Gasteiger partial charge in [-0.25, -0.2) is 9.18 Å². The third-order valence-electron chi connectivity index (χ3n) is 3.08. The second-order valence-corrected chi connectivity index (χ2v) is 5.99. The topological polar surface area (TPSA) is 41.6 Å². The minimum Gasteiger partial charge on any atom is -0.444 e. The molecule has 0 spiro atoms. The Kier molecular flexibility index (Phi) is 4.28. The highest BCUT2D eigenvalue weighted by molar-refractivity contribution is 5.68. The van der Waals surface area contributed by atoms with Crippen molar-refractivity contribution in [3.63, 3.8) is 0 Å². The van der Waals surface area contributed by atoms with Gasteiger partial charge in [-0.1, -0.05) is 12.1 Å². The van der Waals surface area contributed by atoms with Crippen molar-refractivity contribution in [2.75, 3.05) is 19.6 Å². The lowest BCUT2D eigenvalue weighted by atomic mass is 10.0. The van der Waals surface area contributed by atoms with Crippen LogP contribution in [0.5, 0.6) is 0 Å². The molecule has 1 unspecified atom stereocenters. The first-order chi connectivity index (χ1) is 9.35. The number of halogens is 1. The van der Waals surface area contributed by atoms with Crippen LogP contribution in [0.15, 0.2) is 24.3 Å². The number of carbonyl (C=O) groups excluding carboxylic acids is 1. The SMILES string of the molecule is CC(C)(C)OC(=O)N1CCNC(c2cccc(F)c2)C1. The van der Waals surface area contributed by atoms with E-state index in [9.17, 15) is 9.18 Å². The lowest BCUT2D eigenvalue weighted by Gasteiger charge is -2.35. The lowest BCUT2D eigenvalue weighted by Crippen LogP contribution is -2.49. The zero-order chi connectivity index (χ0) is 14.8. The number of benzene rings is 1. The predicted molar refractivity (Wildman–Crippen MR) is 75.0 cm³/mol. The van der Waals surface area contributed by atoms with Crippen LogP contribution in [0.2, 0.25) is 0 Å². The number of carbonyl (C=O) groups is 1. The largest absolute Gasteiger partial charge is 0.444 e. The molecule has 1 aromatic rings. The average molecular weight is 280 g/mol. The highest BCUT2D eigenvalue weighted by Crippen LogP contribution is 2.20. The monoisotopic (exact) mass is 280 g/mol. The number of hydrogen-bond donors (Lipinski definition) is 1. The molecule has 2 rings (SSSR count). The molecule has 0 radical (unpaired) electrons. The summed E-state index contributed by atoms with van der Waals surface area (Å²) >= 11 is 0. The molecule has 1 aromatic carbocycles. The van der Waals surface area contributed by atoms with Crippen molar-refractivity contribution in [2.45, 2.75) is 32.4 Å². The van der Waals surface area contributed by atoms with Gasteiger partial charge in [0.1, 0.15) is 11.4 Å². The Morgan fingerprint density at radius 3 is 2.85 bits per heavy atom. The zero-order valence-electron chi connectivity index (χ0n) is 12.1. The van der Waals surface area contributed by atoms with Crippen molar-refractivity contribution in [3.05, 3.63) is 35.6 Å². The molecule has 0 aliphatic carbocycles. The third-order valence-corrected chi connectivity index (χ3v) is 3.08. The average Bonchev–Trinajstić information content (AvgIpc) is 2.37. The Morgan fingerprint density at radius 1 is 1.45 bits per heavy atom. The van der Waals surface area contributed by atoms with Gasteiger partial charge in [-0.2, -0.15) is 0 Å². The summed E-state index contributed by atoms with van der Waals surface area (Å²) in [6, 6.07) is 6.39. The molecule has 1 aliphatic rings. The number of nitrogens with zero attached hydrogens (tertiary/aromatic N) is 1. The molecule has 1 aliphatic heterocycles. The molecule has 110 valence electrons. The van der Waals surface area contributed by atoms with Crippen molar-refractivity contribution in [2.24, 2.45) is 0 Å². The first-order valence-corrected chi connectivity index (χ1v) is 6.82. The van der Waals surface area contributed by atoms with Gasteiger partial charge in [-0.3, -0.25) is 0 Å². The minimum atomic E-state index is -0.504. The third kappa shape index (κ3) is 3.93. The molecular weight excluding hydrogens is 259 g/mol. The number of piperazine rings is 1. The summed E-state index contributed by atoms with van der Waals surface area (Å²) in [6.45, 7) is 7.28. The normalized spacial score (nSPS) is 19.8. The van der Waals surface area contributed by atoms with Gasteiger partial charge in [0.05, 0.1) is 6.04 Å². The number of ether oxygens (including phenoxy) is 1. The summed E-state index contributed by atoms with van der Waals surface area (Å²) < 4.78 is 18.6. The number of amides is 1. The van der Waals surface area contributed by atoms with Crippen LogP contribution < -0.4 is 5.32 Å². The Morgan fingerprint density at radius 2 is 2.20 bits per heavy atom. The minimum absolute atomic E-state index is 0.0630. The highest BCUT2D eigenvalue weighted by atomic mass is 19.1. The Labute approximate surface area is 118 Å². The summed E-state index contributed by atoms with van der Waals surface area (Å²) in [5.41, 5.74) is 0.342. The molecule has 1 atom stereocenters.